The number of benzene rings is 1. The number of amides is 1. The summed E-state index contributed by atoms with van der Waals surface area (Å²) in [5, 5.41) is 12.2. The maximum Gasteiger partial charge on any atom is 0.253 e. The molecule has 6 nitrogen and oxygen atoms in total. The predicted molar refractivity (Wildman–Crippen MR) is 111 cm³/mol. The summed E-state index contributed by atoms with van der Waals surface area (Å²) in [5.74, 6) is 0.976. The van der Waals surface area contributed by atoms with Crippen molar-refractivity contribution in [2.24, 2.45) is 0 Å². The normalized spacial score (nSPS) is 21.9. The van der Waals surface area contributed by atoms with Crippen LogP contribution in [-0.2, 0) is 28.8 Å². The second-order valence-electron chi connectivity index (χ2n) is 8.35. The molecule has 5 rings (SSSR count). The quantitative estimate of drug-likeness (QED) is 0.870. The minimum absolute atomic E-state index is 0.0100. The Morgan fingerprint density at radius 3 is 2.76 bits per heavy atom. The Morgan fingerprint density at radius 1 is 1.03 bits per heavy atom. The number of carbonyl (C=O) groups is 1. The predicted octanol–water partition coefficient (Wildman–Crippen LogP) is 2.75. The van der Waals surface area contributed by atoms with Gasteiger partial charge >= 0.3 is 0 Å². The lowest BCUT2D eigenvalue weighted by Gasteiger charge is -2.34. The van der Waals surface area contributed by atoms with E-state index in [2.05, 4.69) is 32.5 Å². The molecule has 3 aliphatic rings. The Bertz CT molecular complexity index is 892. The molecule has 1 amide bonds. The van der Waals surface area contributed by atoms with E-state index in [-0.39, 0.29) is 11.9 Å². The highest BCUT2D eigenvalue weighted by Gasteiger charge is 2.30. The number of anilines is 1. The molecule has 29 heavy (non-hydrogen) atoms. The Kier molecular flexibility index (Phi) is 5.19. The number of nitrogens with zero attached hydrogens (tertiary/aromatic N) is 3. The minimum Gasteiger partial charge on any atom is -0.363 e. The van der Waals surface area contributed by atoms with Crippen LogP contribution in [0.1, 0.15) is 54.2 Å². The monoisotopic (exact) mass is 392 g/mol. The van der Waals surface area contributed by atoms with Gasteiger partial charge in [0.05, 0.1) is 12.3 Å². The van der Waals surface area contributed by atoms with E-state index in [0.717, 1.165) is 56.6 Å². The maximum atomic E-state index is 12.9. The van der Waals surface area contributed by atoms with Gasteiger partial charge in [0, 0.05) is 19.1 Å². The highest BCUT2D eigenvalue weighted by molar-refractivity contribution is 5.83. The van der Waals surface area contributed by atoms with Crippen LogP contribution >= 0.6 is 0 Å². The van der Waals surface area contributed by atoms with Gasteiger partial charge in [-0.1, -0.05) is 24.3 Å². The molecule has 0 spiro atoms. The molecule has 1 atom stereocenters. The Morgan fingerprint density at radius 2 is 1.86 bits per heavy atom. The van der Waals surface area contributed by atoms with Crippen LogP contribution in [0, 0.1) is 0 Å². The first-order valence-corrected chi connectivity index (χ1v) is 10.9. The summed E-state index contributed by atoms with van der Waals surface area (Å²) < 4.78 is 5.81. The third kappa shape index (κ3) is 3.86. The molecule has 1 saturated heterocycles. The highest BCUT2D eigenvalue weighted by atomic mass is 16.5. The first-order chi connectivity index (χ1) is 14.3. The standard InChI is InChI=1S/C23H28N4O2/c28-23(22-19-7-3-1-5-16(19)11-14-29-22)24-18-9-12-27(13-10-18)21-15-17-6-2-4-8-20(17)25-26-21/h1,3,5,7,15,18,22H,2,4,6,8-14H2,(H,24,28)/t22-/m1/s1. The van der Waals surface area contributed by atoms with Crippen molar-refractivity contribution < 1.29 is 9.53 Å². The van der Waals surface area contributed by atoms with Gasteiger partial charge in [0.1, 0.15) is 0 Å². The Labute approximate surface area is 171 Å². The summed E-state index contributed by atoms with van der Waals surface area (Å²) in [6.07, 6.45) is 6.87. The van der Waals surface area contributed by atoms with Gasteiger partial charge in [-0.15, -0.1) is 5.10 Å². The average molecular weight is 393 g/mol. The molecule has 2 aliphatic heterocycles. The molecule has 1 aliphatic carbocycles. The number of fused-ring (bicyclic) bond motifs is 2. The molecular weight excluding hydrogens is 364 g/mol. The topological polar surface area (TPSA) is 67.4 Å². The summed E-state index contributed by atoms with van der Waals surface area (Å²) in [6.45, 7) is 2.38. The summed E-state index contributed by atoms with van der Waals surface area (Å²) >= 11 is 0. The number of piperidine rings is 1. The molecule has 3 heterocycles. The number of hydrogen-bond donors (Lipinski definition) is 1. The van der Waals surface area contributed by atoms with Crippen molar-refractivity contribution in [1.29, 1.82) is 0 Å². The number of hydrogen-bond acceptors (Lipinski definition) is 5. The van der Waals surface area contributed by atoms with Crippen LogP contribution in [-0.4, -0.2) is 41.8 Å². The molecule has 0 bridgehead atoms. The zero-order chi connectivity index (χ0) is 19.6. The van der Waals surface area contributed by atoms with Gasteiger partial charge in [0.25, 0.3) is 5.91 Å². The lowest BCUT2D eigenvalue weighted by Crippen LogP contribution is -2.47. The van der Waals surface area contributed by atoms with Crippen molar-refractivity contribution in [3.05, 3.63) is 52.7 Å². The van der Waals surface area contributed by atoms with Gasteiger partial charge in [-0.05, 0) is 67.7 Å². The highest BCUT2D eigenvalue weighted by Crippen LogP contribution is 2.28. The molecule has 1 aromatic heterocycles. The van der Waals surface area contributed by atoms with Crippen molar-refractivity contribution >= 4 is 11.7 Å². The van der Waals surface area contributed by atoms with E-state index in [1.54, 1.807) is 0 Å². The first-order valence-electron chi connectivity index (χ1n) is 10.9. The van der Waals surface area contributed by atoms with Crippen LogP contribution in [0.3, 0.4) is 0 Å². The van der Waals surface area contributed by atoms with Gasteiger partial charge in [0.2, 0.25) is 0 Å². The summed E-state index contributed by atoms with van der Waals surface area (Å²) in [5.41, 5.74) is 4.78. The van der Waals surface area contributed by atoms with E-state index < -0.39 is 6.10 Å². The van der Waals surface area contributed by atoms with Gasteiger partial charge in [-0.25, -0.2) is 0 Å². The van der Waals surface area contributed by atoms with Crippen LogP contribution in [0.4, 0.5) is 5.82 Å². The van der Waals surface area contributed by atoms with Gasteiger partial charge in [-0.3, -0.25) is 4.79 Å². The Balaban J connectivity index is 1.19. The van der Waals surface area contributed by atoms with E-state index in [4.69, 9.17) is 4.74 Å². The smallest absolute Gasteiger partial charge is 0.253 e. The van der Waals surface area contributed by atoms with Crippen molar-refractivity contribution in [1.82, 2.24) is 15.5 Å². The van der Waals surface area contributed by atoms with Crippen LogP contribution in [0.5, 0.6) is 0 Å². The molecular formula is C23H28N4O2. The van der Waals surface area contributed by atoms with Crippen LogP contribution in [0.15, 0.2) is 30.3 Å². The first kappa shape index (κ1) is 18.6. The van der Waals surface area contributed by atoms with Crippen molar-refractivity contribution in [2.75, 3.05) is 24.6 Å². The van der Waals surface area contributed by atoms with E-state index in [1.807, 2.05) is 18.2 Å². The van der Waals surface area contributed by atoms with E-state index in [9.17, 15) is 4.79 Å². The minimum atomic E-state index is -0.482. The fourth-order valence-electron chi connectivity index (χ4n) is 4.77. The van der Waals surface area contributed by atoms with Gasteiger partial charge in [0.15, 0.2) is 11.9 Å². The molecule has 152 valence electrons. The number of aryl methyl sites for hydroxylation is 2. The third-order valence-corrected chi connectivity index (χ3v) is 6.45. The van der Waals surface area contributed by atoms with Gasteiger partial charge in [-0.2, -0.15) is 5.10 Å². The SMILES string of the molecule is O=C(NC1CCN(c2cc3c(nn2)CCCC3)CC1)[C@@H]1OCCc2ccccc21. The van der Waals surface area contributed by atoms with E-state index in [1.165, 1.54) is 29.7 Å². The average Bonchev–Trinajstić information content (AvgIpc) is 2.79. The molecule has 6 heteroatoms. The molecule has 0 unspecified atom stereocenters. The zero-order valence-corrected chi connectivity index (χ0v) is 16.8. The lowest BCUT2D eigenvalue weighted by molar-refractivity contribution is -0.135. The van der Waals surface area contributed by atoms with E-state index >= 15 is 0 Å². The molecule has 1 N–H and O–H groups in total. The zero-order valence-electron chi connectivity index (χ0n) is 16.8. The van der Waals surface area contributed by atoms with E-state index in [0.29, 0.717) is 6.61 Å². The summed E-state index contributed by atoms with van der Waals surface area (Å²) in [4.78, 5) is 15.2. The second-order valence-corrected chi connectivity index (χ2v) is 8.35. The summed E-state index contributed by atoms with van der Waals surface area (Å²) in [7, 11) is 0. The molecule has 2 aromatic rings. The number of aromatic nitrogens is 2. The molecule has 0 saturated carbocycles. The molecule has 0 radical (unpaired) electrons. The molecule has 1 aromatic carbocycles. The fourth-order valence-corrected chi connectivity index (χ4v) is 4.77. The van der Waals surface area contributed by atoms with Crippen LogP contribution < -0.4 is 10.2 Å². The van der Waals surface area contributed by atoms with Crippen LogP contribution in [0.2, 0.25) is 0 Å². The van der Waals surface area contributed by atoms with Crippen molar-refractivity contribution in [3.63, 3.8) is 0 Å². The van der Waals surface area contributed by atoms with Crippen molar-refractivity contribution in [3.8, 4) is 0 Å². The maximum absolute atomic E-state index is 12.9. The number of rotatable bonds is 3. The third-order valence-electron chi connectivity index (χ3n) is 6.45. The fraction of sp³-hybridized carbons (Fsp3) is 0.522. The Hall–Kier alpha value is -2.47. The van der Waals surface area contributed by atoms with Gasteiger partial charge < -0.3 is 15.0 Å². The summed E-state index contributed by atoms with van der Waals surface area (Å²) in [6, 6.07) is 10.5. The largest absolute Gasteiger partial charge is 0.363 e. The lowest BCUT2D eigenvalue weighted by atomic mass is 9.96. The second kappa shape index (κ2) is 8.11. The number of carbonyl (C=O) groups excluding carboxylic acids is 1. The van der Waals surface area contributed by atoms with Crippen molar-refractivity contribution in [2.45, 2.75) is 57.1 Å². The van der Waals surface area contributed by atoms with Crippen LogP contribution in [0.25, 0.3) is 0 Å². The number of ether oxygens (including phenoxy) is 1. The number of nitrogens with one attached hydrogen (secondary N) is 1. The molecule has 1 fully saturated rings.